The molecule has 4 nitrogen and oxygen atoms in total. The number of thiophene rings is 1. The zero-order valence-corrected chi connectivity index (χ0v) is 13.7. The van der Waals surface area contributed by atoms with Crippen LogP contribution in [-0.2, 0) is 12.8 Å². The molecule has 0 aliphatic heterocycles. The van der Waals surface area contributed by atoms with Crippen LogP contribution in [0.5, 0.6) is 11.5 Å². The first-order valence-electron chi connectivity index (χ1n) is 7.08. The summed E-state index contributed by atoms with van der Waals surface area (Å²) >= 11 is 0.522. The normalized spacial score (nSPS) is 11.3. The number of hydrogen-bond acceptors (Lipinski definition) is 5. The number of alkyl halides is 3. The SMILES string of the molecule is COc1ccc(COc2c(C#N)cnc3sc(C(F)(F)F)cc23)cc1. The smallest absolute Gasteiger partial charge is 0.425 e. The Morgan fingerprint density at radius 1 is 1.24 bits per heavy atom. The molecule has 0 atom stereocenters. The molecule has 0 saturated heterocycles. The molecule has 3 aromatic rings. The van der Waals surface area contributed by atoms with Gasteiger partial charge in [0.05, 0.1) is 18.7 Å². The summed E-state index contributed by atoms with van der Waals surface area (Å²) in [6.45, 7) is 0.106. The van der Waals surface area contributed by atoms with Crippen LogP contribution < -0.4 is 9.47 Å². The van der Waals surface area contributed by atoms with E-state index in [4.69, 9.17) is 9.47 Å². The molecule has 0 aliphatic carbocycles. The Balaban J connectivity index is 1.95. The number of rotatable bonds is 4. The van der Waals surface area contributed by atoms with Crippen LogP contribution in [0.2, 0.25) is 0 Å². The predicted octanol–water partition coefficient (Wildman–Crippen LogP) is 4.77. The largest absolute Gasteiger partial charge is 0.497 e. The van der Waals surface area contributed by atoms with Gasteiger partial charge in [-0.2, -0.15) is 18.4 Å². The molecule has 2 aromatic heterocycles. The van der Waals surface area contributed by atoms with Gasteiger partial charge in [-0.15, -0.1) is 11.3 Å². The number of nitrogens with zero attached hydrogens (tertiary/aromatic N) is 2. The van der Waals surface area contributed by atoms with Crippen molar-refractivity contribution < 1.29 is 22.6 Å². The number of fused-ring (bicyclic) bond motifs is 1. The lowest BCUT2D eigenvalue weighted by atomic mass is 10.2. The maximum absolute atomic E-state index is 12.9. The zero-order chi connectivity index (χ0) is 18.0. The van der Waals surface area contributed by atoms with Crippen molar-refractivity contribution in [2.24, 2.45) is 0 Å². The average molecular weight is 364 g/mol. The molecule has 0 radical (unpaired) electrons. The van der Waals surface area contributed by atoms with Crippen molar-refractivity contribution in [2.75, 3.05) is 7.11 Å². The molecule has 0 unspecified atom stereocenters. The van der Waals surface area contributed by atoms with Crippen molar-refractivity contribution in [3.05, 3.63) is 52.5 Å². The van der Waals surface area contributed by atoms with Crippen molar-refractivity contribution >= 4 is 21.6 Å². The number of aromatic nitrogens is 1. The number of pyridine rings is 1. The monoisotopic (exact) mass is 364 g/mol. The van der Waals surface area contributed by atoms with E-state index in [0.717, 1.165) is 11.6 Å². The summed E-state index contributed by atoms with van der Waals surface area (Å²) in [5.41, 5.74) is 0.883. The summed E-state index contributed by atoms with van der Waals surface area (Å²) in [6.07, 6.45) is -3.24. The fourth-order valence-corrected chi connectivity index (χ4v) is 3.09. The van der Waals surface area contributed by atoms with E-state index < -0.39 is 11.1 Å². The lowest BCUT2D eigenvalue weighted by molar-refractivity contribution is -0.134. The van der Waals surface area contributed by atoms with Crippen LogP contribution in [0.15, 0.2) is 36.5 Å². The molecule has 1 aromatic carbocycles. The van der Waals surface area contributed by atoms with Crippen molar-refractivity contribution in [3.63, 3.8) is 0 Å². The van der Waals surface area contributed by atoms with E-state index in [2.05, 4.69) is 4.98 Å². The number of methoxy groups -OCH3 is 1. The first-order chi connectivity index (χ1) is 11.9. The van der Waals surface area contributed by atoms with Gasteiger partial charge in [0, 0.05) is 0 Å². The minimum Gasteiger partial charge on any atom is -0.497 e. The molecule has 2 heterocycles. The van der Waals surface area contributed by atoms with Gasteiger partial charge in [-0.1, -0.05) is 12.1 Å². The van der Waals surface area contributed by atoms with Gasteiger partial charge in [-0.3, -0.25) is 0 Å². The lowest BCUT2D eigenvalue weighted by Gasteiger charge is -2.09. The van der Waals surface area contributed by atoms with Gasteiger partial charge in [0.25, 0.3) is 0 Å². The van der Waals surface area contributed by atoms with Crippen molar-refractivity contribution in [1.29, 1.82) is 5.26 Å². The summed E-state index contributed by atoms with van der Waals surface area (Å²) in [5.74, 6) is 0.787. The summed E-state index contributed by atoms with van der Waals surface area (Å²) in [6, 6.07) is 9.92. The Morgan fingerprint density at radius 3 is 2.56 bits per heavy atom. The Kier molecular flexibility index (Phi) is 4.51. The molecule has 0 N–H and O–H groups in total. The Labute approximate surface area is 145 Å². The predicted molar refractivity (Wildman–Crippen MR) is 86.7 cm³/mol. The highest BCUT2D eigenvalue weighted by atomic mass is 32.1. The van der Waals surface area contributed by atoms with Gasteiger partial charge in [-0.25, -0.2) is 4.98 Å². The molecule has 0 amide bonds. The Hall–Kier alpha value is -2.79. The molecule has 0 spiro atoms. The molecule has 0 bridgehead atoms. The Bertz CT molecular complexity index is 943. The quantitative estimate of drug-likeness (QED) is 0.669. The third kappa shape index (κ3) is 3.51. The molecule has 0 fully saturated rings. The summed E-state index contributed by atoms with van der Waals surface area (Å²) in [7, 11) is 1.55. The van der Waals surface area contributed by atoms with Gasteiger partial charge in [0.2, 0.25) is 0 Å². The third-order valence-corrected chi connectivity index (χ3v) is 4.54. The highest BCUT2D eigenvalue weighted by molar-refractivity contribution is 7.18. The fourth-order valence-electron chi connectivity index (χ4n) is 2.22. The van der Waals surface area contributed by atoms with E-state index in [1.807, 2.05) is 6.07 Å². The molecule has 3 rings (SSSR count). The van der Waals surface area contributed by atoms with Crippen LogP contribution in [0.1, 0.15) is 16.0 Å². The van der Waals surface area contributed by atoms with Crippen LogP contribution in [0, 0.1) is 11.3 Å². The summed E-state index contributed by atoms with van der Waals surface area (Å²) in [4.78, 5) is 3.32. The number of ether oxygens (including phenoxy) is 2. The van der Waals surface area contributed by atoms with Crippen LogP contribution in [0.25, 0.3) is 10.2 Å². The molecular formula is C17H11F3N2O2S. The van der Waals surface area contributed by atoms with Crippen LogP contribution in [0.3, 0.4) is 0 Å². The minimum atomic E-state index is -4.47. The number of halogens is 3. The zero-order valence-electron chi connectivity index (χ0n) is 12.9. The van der Waals surface area contributed by atoms with E-state index in [0.29, 0.717) is 17.1 Å². The van der Waals surface area contributed by atoms with Crippen LogP contribution >= 0.6 is 11.3 Å². The lowest BCUT2D eigenvalue weighted by Crippen LogP contribution is -2.00. The highest BCUT2D eigenvalue weighted by Crippen LogP contribution is 2.41. The fraction of sp³-hybridized carbons (Fsp3) is 0.176. The van der Waals surface area contributed by atoms with Gasteiger partial charge in [0.15, 0.2) is 0 Å². The molecule has 128 valence electrons. The first kappa shape index (κ1) is 17.0. The van der Waals surface area contributed by atoms with E-state index in [1.165, 1.54) is 6.20 Å². The second-order valence-corrected chi connectivity index (χ2v) is 6.11. The van der Waals surface area contributed by atoms with Crippen molar-refractivity contribution in [2.45, 2.75) is 12.8 Å². The van der Waals surface area contributed by atoms with Crippen molar-refractivity contribution in [1.82, 2.24) is 4.98 Å². The molecular weight excluding hydrogens is 353 g/mol. The van der Waals surface area contributed by atoms with Crippen LogP contribution in [0.4, 0.5) is 13.2 Å². The Morgan fingerprint density at radius 2 is 1.96 bits per heavy atom. The molecule has 0 saturated carbocycles. The van der Waals surface area contributed by atoms with Gasteiger partial charge in [0.1, 0.15) is 39.4 Å². The standard InChI is InChI=1S/C17H11F3N2O2S/c1-23-12-4-2-10(3-5-12)9-24-15-11(7-21)8-22-16-13(15)6-14(25-16)17(18,19)20/h2-6,8H,9H2,1H3. The third-order valence-electron chi connectivity index (χ3n) is 3.45. The highest BCUT2D eigenvalue weighted by Gasteiger charge is 2.33. The van der Waals surface area contributed by atoms with E-state index in [9.17, 15) is 18.4 Å². The molecule has 8 heteroatoms. The average Bonchev–Trinajstić information content (AvgIpc) is 3.05. The van der Waals surface area contributed by atoms with E-state index in [1.54, 1.807) is 31.4 Å². The van der Waals surface area contributed by atoms with Gasteiger partial charge < -0.3 is 9.47 Å². The van der Waals surface area contributed by atoms with E-state index >= 15 is 0 Å². The number of hydrogen-bond donors (Lipinski definition) is 0. The maximum Gasteiger partial charge on any atom is 0.425 e. The topological polar surface area (TPSA) is 55.1 Å². The second kappa shape index (κ2) is 6.61. The summed E-state index contributed by atoms with van der Waals surface area (Å²) < 4.78 is 49.5. The minimum absolute atomic E-state index is 0.0903. The molecule has 25 heavy (non-hydrogen) atoms. The number of benzene rings is 1. The summed E-state index contributed by atoms with van der Waals surface area (Å²) in [5, 5.41) is 9.39. The van der Waals surface area contributed by atoms with Gasteiger partial charge in [-0.05, 0) is 23.8 Å². The second-order valence-electron chi connectivity index (χ2n) is 5.08. The number of nitriles is 1. The van der Waals surface area contributed by atoms with Gasteiger partial charge >= 0.3 is 6.18 Å². The van der Waals surface area contributed by atoms with E-state index in [-0.39, 0.29) is 28.1 Å². The van der Waals surface area contributed by atoms with Crippen molar-refractivity contribution in [3.8, 4) is 17.6 Å². The molecule has 0 aliphatic rings. The maximum atomic E-state index is 12.9. The first-order valence-corrected chi connectivity index (χ1v) is 7.89. The van der Waals surface area contributed by atoms with Crippen LogP contribution in [-0.4, -0.2) is 12.1 Å².